The van der Waals surface area contributed by atoms with Crippen molar-refractivity contribution in [3.63, 3.8) is 0 Å². The molecule has 1 N–H and O–H groups in total. The average molecular weight is 555 g/mol. The predicted molar refractivity (Wildman–Crippen MR) is 156 cm³/mol. The first kappa shape index (κ1) is 26.1. The van der Waals surface area contributed by atoms with Crippen LogP contribution >= 0.6 is 11.3 Å². The maximum absolute atomic E-state index is 13.7. The fourth-order valence-electron chi connectivity index (χ4n) is 5.50. The molecule has 1 aromatic heterocycles. The van der Waals surface area contributed by atoms with Gasteiger partial charge in [-0.25, -0.2) is 4.98 Å². The van der Waals surface area contributed by atoms with Crippen LogP contribution in [0, 0.1) is 13.8 Å². The van der Waals surface area contributed by atoms with Crippen molar-refractivity contribution in [1.29, 1.82) is 0 Å². The van der Waals surface area contributed by atoms with Crippen LogP contribution in [0.1, 0.15) is 54.1 Å². The van der Waals surface area contributed by atoms with E-state index in [-0.39, 0.29) is 17.4 Å². The molecule has 40 heavy (non-hydrogen) atoms. The Morgan fingerprint density at radius 1 is 1.12 bits per heavy atom. The zero-order valence-electron chi connectivity index (χ0n) is 22.9. The van der Waals surface area contributed by atoms with Crippen molar-refractivity contribution in [3.8, 4) is 11.5 Å². The summed E-state index contributed by atoms with van der Waals surface area (Å²) in [6.07, 6.45) is 1.62. The van der Waals surface area contributed by atoms with E-state index in [2.05, 4.69) is 0 Å². The van der Waals surface area contributed by atoms with Gasteiger partial charge in [-0.05, 0) is 85.8 Å². The number of amides is 1. The summed E-state index contributed by atoms with van der Waals surface area (Å²) in [6, 6.07) is 15.9. The van der Waals surface area contributed by atoms with Crippen LogP contribution in [-0.4, -0.2) is 34.5 Å². The number of aliphatic hydroxyl groups excluding tert-OH is 1. The summed E-state index contributed by atoms with van der Waals surface area (Å²) in [4.78, 5) is 33.5. The zero-order valence-corrected chi connectivity index (χ0v) is 23.7. The number of ether oxygens (including phenoxy) is 2. The van der Waals surface area contributed by atoms with E-state index in [1.165, 1.54) is 16.2 Å². The molecule has 0 unspecified atom stereocenters. The first-order valence-electron chi connectivity index (χ1n) is 13.5. The molecule has 3 heterocycles. The fraction of sp³-hybridized carbons (Fsp3) is 0.281. The minimum Gasteiger partial charge on any atom is -0.507 e. The molecule has 204 valence electrons. The van der Waals surface area contributed by atoms with Gasteiger partial charge in [0.2, 0.25) is 0 Å². The van der Waals surface area contributed by atoms with Gasteiger partial charge in [0, 0.05) is 12.0 Å². The third-order valence-corrected chi connectivity index (χ3v) is 8.31. The van der Waals surface area contributed by atoms with E-state index in [4.69, 9.17) is 14.5 Å². The highest BCUT2D eigenvalue weighted by molar-refractivity contribution is 7.22. The van der Waals surface area contributed by atoms with Crippen molar-refractivity contribution in [2.75, 3.05) is 11.5 Å². The molecule has 3 aromatic carbocycles. The van der Waals surface area contributed by atoms with Crippen LogP contribution in [0.25, 0.3) is 16.0 Å². The molecule has 6 rings (SSSR count). The fourth-order valence-corrected chi connectivity index (χ4v) is 6.67. The number of hydrogen-bond donors (Lipinski definition) is 1. The van der Waals surface area contributed by atoms with Gasteiger partial charge in [-0.1, -0.05) is 36.5 Å². The van der Waals surface area contributed by atoms with E-state index < -0.39 is 17.7 Å². The summed E-state index contributed by atoms with van der Waals surface area (Å²) in [5.41, 5.74) is 5.02. The molecule has 1 amide bonds. The lowest BCUT2D eigenvalue weighted by Gasteiger charge is -2.23. The molecule has 4 aromatic rings. The molecule has 0 bridgehead atoms. The second kappa shape index (κ2) is 10.1. The monoisotopic (exact) mass is 554 g/mol. The van der Waals surface area contributed by atoms with Crippen molar-refractivity contribution in [2.24, 2.45) is 0 Å². The van der Waals surface area contributed by atoms with E-state index >= 15 is 0 Å². The quantitative estimate of drug-likeness (QED) is 0.163. The van der Waals surface area contributed by atoms with Gasteiger partial charge in [0.05, 0.1) is 28.4 Å². The minimum absolute atomic E-state index is 0.0336. The molecule has 8 heteroatoms. The number of benzene rings is 3. The molecule has 0 spiro atoms. The predicted octanol–water partition coefficient (Wildman–Crippen LogP) is 6.65. The highest BCUT2D eigenvalue weighted by Crippen LogP contribution is 2.45. The number of hydrogen-bond acceptors (Lipinski definition) is 7. The van der Waals surface area contributed by atoms with E-state index in [0.29, 0.717) is 35.0 Å². The van der Waals surface area contributed by atoms with Crippen molar-refractivity contribution in [3.05, 3.63) is 88.0 Å². The lowest BCUT2D eigenvalue weighted by atomic mass is 9.94. The molecule has 2 atom stereocenters. The number of ketones is 1. The first-order valence-corrected chi connectivity index (χ1v) is 14.3. The van der Waals surface area contributed by atoms with Gasteiger partial charge in [-0.3, -0.25) is 14.5 Å². The molecule has 0 saturated carbocycles. The highest BCUT2D eigenvalue weighted by Gasteiger charge is 2.48. The second-order valence-corrected chi connectivity index (χ2v) is 11.5. The number of anilines is 1. The van der Waals surface area contributed by atoms with Crippen LogP contribution in [-0.2, 0) is 16.0 Å². The number of rotatable bonds is 6. The number of fused-ring (bicyclic) bond motifs is 2. The van der Waals surface area contributed by atoms with Gasteiger partial charge in [0.1, 0.15) is 23.4 Å². The number of nitrogens with zero attached hydrogens (tertiary/aromatic N) is 2. The Balaban J connectivity index is 1.51. The molecule has 0 radical (unpaired) electrons. The molecule has 2 aliphatic heterocycles. The standard InChI is InChI=1S/C32H30N2O5S/c1-5-12-38-23-9-6-20(7-10-23)28-26(29(35)21-8-11-24-22(16-21)15-19(4)39-24)30(36)31(37)34(28)32-33-27-18(3)13-17(2)14-25(27)40-32/h6-11,13-14,16,19,28,35H,5,12,15H2,1-4H3/t19-,28-/m1/s1. The van der Waals surface area contributed by atoms with Crippen molar-refractivity contribution >= 4 is 44.1 Å². The zero-order chi connectivity index (χ0) is 28.1. The van der Waals surface area contributed by atoms with E-state index in [0.717, 1.165) is 39.1 Å². The van der Waals surface area contributed by atoms with Gasteiger partial charge < -0.3 is 14.6 Å². The Labute approximate surface area is 236 Å². The van der Waals surface area contributed by atoms with Crippen molar-refractivity contribution < 1.29 is 24.2 Å². The molecule has 1 saturated heterocycles. The van der Waals surface area contributed by atoms with Gasteiger partial charge in [0.25, 0.3) is 5.78 Å². The Morgan fingerprint density at radius 2 is 1.90 bits per heavy atom. The molecular weight excluding hydrogens is 524 g/mol. The first-order chi connectivity index (χ1) is 19.2. The Bertz CT molecular complexity index is 1690. The van der Waals surface area contributed by atoms with Crippen molar-refractivity contribution in [1.82, 2.24) is 4.98 Å². The third-order valence-electron chi connectivity index (χ3n) is 7.31. The van der Waals surface area contributed by atoms with Gasteiger partial charge in [-0.2, -0.15) is 0 Å². The van der Waals surface area contributed by atoms with Crippen LogP contribution in [0.5, 0.6) is 11.5 Å². The normalized spacial score (nSPS) is 19.8. The van der Waals surface area contributed by atoms with Crippen molar-refractivity contribution in [2.45, 2.75) is 52.7 Å². The average Bonchev–Trinajstić information content (AvgIpc) is 3.60. The highest BCUT2D eigenvalue weighted by atomic mass is 32.1. The number of thiazole rings is 1. The summed E-state index contributed by atoms with van der Waals surface area (Å²) in [5, 5.41) is 12.0. The maximum Gasteiger partial charge on any atom is 0.301 e. The van der Waals surface area contributed by atoms with Crippen LogP contribution in [0.3, 0.4) is 0 Å². The largest absolute Gasteiger partial charge is 0.507 e. The number of carbonyl (C=O) groups is 2. The van der Waals surface area contributed by atoms with Crippen LogP contribution in [0.4, 0.5) is 5.13 Å². The topological polar surface area (TPSA) is 89.0 Å². The van der Waals surface area contributed by atoms with Gasteiger partial charge in [0.15, 0.2) is 5.13 Å². The van der Waals surface area contributed by atoms with Crippen LogP contribution in [0.15, 0.2) is 60.2 Å². The van der Waals surface area contributed by atoms with E-state index in [1.54, 1.807) is 12.1 Å². The lowest BCUT2D eigenvalue weighted by Crippen LogP contribution is -2.29. The Morgan fingerprint density at radius 3 is 2.65 bits per heavy atom. The molecule has 7 nitrogen and oxygen atoms in total. The third kappa shape index (κ3) is 4.42. The summed E-state index contributed by atoms with van der Waals surface area (Å²) < 4.78 is 12.5. The second-order valence-electron chi connectivity index (χ2n) is 10.5. The van der Waals surface area contributed by atoms with Crippen LogP contribution < -0.4 is 14.4 Å². The van der Waals surface area contributed by atoms with E-state index in [9.17, 15) is 14.7 Å². The Hall–Kier alpha value is -4.17. The number of aryl methyl sites for hydroxylation is 2. The SMILES string of the molecule is CCCOc1ccc([C@@H]2C(=C(O)c3ccc4c(c3)C[C@@H](C)O4)C(=O)C(=O)N2c2nc3c(C)cc(C)cc3s2)cc1. The van der Waals surface area contributed by atoms with Gasteiger partial charge >= 0.3 is 5.91 Å². The molecule has 1 fully saturated rings. The Kier molecular flexibility index (Phi) is 6.58. The number of Topliss-reactive ketones (excluding diaryl/α,β-unsaturated/α-hetero) is 1. The summed E-state index contributed by atoms with van der Waals surface area (Å²) in [5.74, 6) is -0.214. The van der Waals surface area contributed by atoms with E-state index in [1.807, 2.05) is 70.2 Å². The molecule has 2 aliphatic rings. The summed E-state index contributed by atoms with van der Waals surface area (Å²) in [6.45, 7) is 8.61. The summed E-state index contributed by atoms with van der Waals surface area (Å²) >= 11 is 1.36. The molecular formula is C32H30N2O5S. The maximum atomic E-state index is 13.7. The minimum atomic E-state index is -0.856. The number of aromatic nitrogens is 1. The lowest BCUT2D eigenvalue weighted by molar-refractivity contribution is -0.132. The summed E-state index contributed by atoms with van der Waals surface area (Å²) in [7, 11) is 0. The van der Waals surface area contributed by atoms with Crippen LogP contribution in [0.2, 0.25) is 0 Å². The smallest absolute Gasteiger partial charge is 0.301 e. The number of aliphatic hydroxyl groups is 1. The van der Waals surface area contributed by atoms with Gasteiger partial charge in [-0.15, -0.1) is 0 Å². The number of carbonyl (C=O) groups excluding carboxylic acids is 2. The molecule has 0 aliphatic carbocycles.